The number of nitrogens with zero attached hydrogens (tertiary/aromatic N) is 1. The number of alkyl halides is 3. The van der Waals surface area contributed by atoms with E-state index in [1.165, 1.54) is 54.5 Å². The van der Waals surface area contributed by atoms with Crippen molar-refractivity contribution in [3.8, 4) is 0 Å². The molecule has 0 N–H and O–H groups in total. The first-order valence-corrected chi connectivity index (χ1v) is 34.7. The van der Waals surface area contributed by atoms with Gasteiger partial charge in [0.2, 0.25) is 0 Å². The SMILES string of the molecule is C=C(C)CS(=O)(=O)C1O[C@H](CC)[C@@H](C)[C@H](OC(C)=O)[C@H]1OC(C)=O.CC[C@H]1O[C@@H](SSc2ccc(C(F)(F)F)cn2)[C@H](OC(C)=O)[C@@H](OC(C)=O)[C@@H]1C.CC[C@H]1O[C@H](S[C@@H]2O[C@H](COC(C)=O)[C@@H](OC(C)=O)[C@H](OC(C)=O)[C@H]2OC(C)=O)[C@H](OC(C)=O)[C@@H](OC(C)=O)[C@@H]1C. The van der Waals surface area contributed by atoms with E-state index in [-0.39, 0.29) is 29.6 Å². The van der Waals surface area contributed by atoms with Crippen LogP contribution in [0.2, 0.25) is 0 Å². The average Bonchev–Trinajstić information content (AvgIpc) is 0.786. The summed E-state index contributed by atoms with van der Waals surface area (Å²) in [6.07, 6.45) is -14.0. The molecule has 532 valence electrons. The first-order chi connectivity index (χ1) is 43.6. The van der Waals surface area contributed by atoms with Gasteiger partial charge in [-0.25, -0.2) is 13.4 Å². The third-order valence-corrected chi connectivity index (χ3v) is 20.1. The van der Waals surface area contributed by atoms with Gasteiger partial charge in [0.15, 0.2) is 57.3 Å². The minimum absolute atomic E-state index is 0.209. The highest BCUT2D eigenvalue weighted by molar-refractivity contribution is 8.76. The second-order valence-electron chi connectivity index (χ2n) is 22.4. The number of aromatic nitrogens is 1. The smallest absolute Gasteiger partial charge is 0.417 e. The van der Waals surface area contributed by atoms with Crippen LogP contribution in [0.15, 0.2) is 35.5 Å². The minimum Gasteiger partial charge on any atom is -0.463 e. The van der Waals surface area contributed by atoms with Crippen molar-refractivity contribution in [2.24, 2.45) is 17.8 Å². The molecule has 1 unspecified atom stereocenters. The van der Waals surface area contributed by atoms with Crippen LogP contribution in [0.4, 0.5) is 13.2 Å². The normalized spacial score (nSPS) is 30.6. The second-order valence-corrected chi connectivity index (χ2v) is 28.0. The van der Waals surface area contributed by atoms with E-state index in [0.717, 1.165) is 66.4 Å². The fraction of sp³-hybridized carbons (Fsp3) is 0.717. The number of carbonyl (C=O) groups is 10. The molecule has 0 bridgehead atoms. The van der Waals surface area contributed by atoms with Gasteiger partial charge in [-0.2, -0.15) is 13.2 Å². The number of pyridine rings is 1. The van der Waals surface area contributed by atoms with Crippen LogP contribution in [0.25, 0.3) is 0 Å². The molecule has 4 aliphatic rings. The highest BCUT2D eigenvalue weighted by atomic mass is 33.1. The van der Waals surface area contributed by atoms with Crippen LogP contribution in [-0.2, 0) is 130 Å². The van der Waals surface area contributed by atoms with Gasteiger partial charge in [0, 0.05) is 93.2 Å². The van der Waals surface area contributed by atoms with Gasteiger partial charge in [-0.1, -0.05) is 76.3 Å². The molecule has 0 spiro atoms. The van der Waals surface area contributed by atoms with E-state index in [0.29, 0.717) is 29.9 Å². The van der Waals surface area contributed by atoms with Gasteiger partial charge in [0.1, 0.15) is 46.9 Å². The molecule has 0 saturated carbocycles. The molecule has 34 heteroatoms. The first-order valence-electron chi connectivity index (χ1n) is 29.8. The fourth-order valence-corrected chi connectivity index (χ4v) is 16.0. The van der Waals surface area contributed by atoms with E-state index < -0.39 is 183 Å². The number of thioether (sulfide) groups is 1. The molecule has 5 rings (SSSR count). The standard InChI is InChI=1S/C26H38O14S.C18H22F3NO5S2.C16H26O7S/c1-9-18-11(2)20(34-13(4)28)23(37-16(7)31)25(39-18)41-26-24(38-17(8)32)22(36-15(6)30)21(35-14(5)29)19(40-26)10-33-12(3)27;1-5-13-9(2)15(25-10(3)23)16(26-11(4)24)17(27-13)29-28-14-7-6-12(8-22-14)18(19,20)21;1-7-13-10(4)14(21-11(5)17)15(22-12(6)18)16(23-13)24(19,20)8-9(2)3/h11,18-26H,9-10H2,1-8H3;6-9,13,15-17H,5H2,1-4H3;10,13-16H,2,7-8H2,1,3-6H3/t11-,18-,19-,20+,21-,22+,23-,24-,25-,26+;9-,13-,15+,16-,17+;10-,13-,14+,15-,16?/m111/s1. The molecular formula is C60H86F3NO26S4. The van der Waals surface area contributed by atoms with Crippen LogP contribution in [0.3, 0.4) is 0 Å². The molecule has 0 aromatic carbocycles. The molecule has 1 aromatic rings. The highest BCUT2D eigenvalue weighted by Gasteiger charge is 2.57. The summed E-state index contributed by atoms with van der Waals surface area (Å²) in [6, 6.07) is 2.20. The number of carbonyl (C=O) groups excluding carboxylic acids is 10. The maximum atomic E-state index is 12.7. The largest absolute Gasteiger partial charge is 0.463 e. The predicted molar refractivity (Wildman–Crippen MR) is 329 cm³/mol. The Labute approximate surface area is 556 Å². The van der Waals surface area contributed by atoms with Crippen molar-refractivity contribution >= 4 is 103 Å². The molecule has 20 atom stereocenters. The predicted octanol–water partition coefficient (Wildman–Crippen LogP) is 7.52. The quantitative estimate of drug-likeness (QED) is 0.0468. The van der Waals surface area contributed by atoms with Crippen LogP contribution >= 0.6 is 33.3 Å². The van der Waals surface area contributed by atoms with E-state index in [1.807, 2.05) is 27.7 Å². The Kier molecular flexibility index (Phi) is 33.0. The van der Waals surface area contributed by atoms with Gasteiger partial charge in [-0.3, -0.25) is 47.9 Å². The van der Waals surface area contributed by atoms with Gasteiger partial charge < -0.3 is 66.3 Å². The van der Waals surface area contributed by atoms with E-state index in [1.54, 1.807) is 20.8 Å². The summed E-state index contributed by atoms with van der Waals surface area (Å²) >= 11 is 0.921. The number of sulfone groups is 1. The molecule has 4 saturated heterocycles. The fourth-order valence-electron chi connectivity index (χ4n) is 10.6. The lowest BCUT2D eigenvalue weighted by molar-refractivity contribution is -0.238. The first kappa shape index (κ1) is 82.5. The van der Waals surface area contributed by atoms with Crippen molar-refractivity contribution in [1.29, 1.82) is 0 Å². The lowest BCUT2D eigenvalue weighted by Crippen LogP contribution is -2.63. The summed E-state index contributed by atoms with van der Waals surface area (Å²) in [6.45, 7) is 27.7. The highest BCUT2D eigenvalue weighted by Crippen LogP contribution is 2.45. The van der Waals surface area contributed by atoms with E-state index in [2.05, 4.69) is 11.6 Å². The number of esters is 10. The molecule has 1 aromatic heterocycles. The number of hydrogen-bond donors (Lipinski definition) is 0. The number of halogens is 3. The zero-order chi connectivity index (χ0) is 71.4. The number of ether oxygens (including phenoxy) is 14. The average molecular weight is 1420 g/mol. The molecule has 27 nitrogen and oxygen atoms in total. The maximum Gasteiger partial charge on any atom is 0.417 e. The minimum atomic E-state index is -4.46. The summed E-state index contributed by atoms with van der Waals surface area (Å²) in [5, 5.41) is 0.337. The van der Waals surface area contributed by atoms with E-state index in [9.17, 15) is 69.5 Å². The van der Waals surface area contributed by atoms with Gasteiger partial charge in [-0.15, -0.1) is 0 Å². The van der Waals surface area contributed by atoms with Crippen LogP contribution in [0.5, 0.6) is 0 Å². The van der Waals surface area contributed by atoms with Crippen molar-refractivity contribution in [2.75, 3.05) is 12.4 Å². The van der Waals surface area contributed by atoms with Crippen LogP contribution < -0.4 is 0 Å². The van der Waals surface area contributed by atoms with Crippen LogP contribution in [-0.4, -0.2) is 187 Å². The van der Waals surface area contributed by atoms with E-state index in [4.69, 9.17) is 66.3 Å². The summed E-state index contributed by atoms with van der Waals surface area (Å²) in [7, 11) is -1.56. The zero-order valence-electron chi connectivity index (χ0n) is 55.4. The van der Waals surface area contributed by atoms with Crippen molar-refractivity contribution in [3.63, 3.8) is 0 Å². The monoisotopic (exact) mass is 1420 g/mol. The van der Waals surface area contributed by atoms with Crippen molar-refractivity contribution < 1.29 is 136 Å². The Balaban J connectivity index is 0.000000383. The molecule has 94 heavy (non-hydrogen) atoms. The molecule has 0 aliphatic carbocycles. The van der Waals surface area contributed by atoms with Crippen molar-refractivity contribution in [1.82, 2.24) is 4.98 Å². The molecule has 4 aliphatic heterocycles. The summed E-state index contributed by atoms with van der Waals surface area (Å²) in [5.41, 5.74) is -4.71. The van der Waals surface area contributed by atoms with Gasteiger partial charge >= 0.3 is 65.9 Å². The Hall–Kier alpha value is -5.78. The van der Waals surface area contributed by atoms with Crippen molar-refractivity contribution in [3.05, 3.63) is 36.0 Å². The Morgan fingerprint density at radius 3 is 1.19 bits per heavy atom. The Morgan fingerprint density at radius 1 is 0.479 bits per heavy atom. The third-order valence-electron chi connectivity index (χ3n) is 14.3. The zero-order valence-corrected chi connectivity index (χ0v) is 58.6. The summed E-state index contributed by atoms with van der Waals surface area (Å²) in [4.78, 5) is 122. The van der Waals surface area contributed by atoms with Crippen molar-refractivity contribution in [2.45, 2.75) is 249 Å². The second kappa shape index (κ2) is 37.7. The van der Waals surface area contributed by atoms with E-state index >= 15 is 0 Å². The van der Waals surface area contributed by atoms with Gasteiger partial charge in [0.05, 0.1) is 29.6 Å². The number of rotatable bonds is 22. The molecule has 0 radical (unpaired) electrons. The van der Waals surface area contributed by atoms with Crippen LogP contribution in [0.1, 0.15) is 143 Å². The Morgan fingerprint density at radius 2 is 0.819 bits per heavy atom. The molecule has 0 amide bonds. The molecular weight excluding hydrogens is 1340 g/mol. The summed E-state index contributed by atoms with van der Waals surface area (Å²) < 4.78 is 141. The maximum absolute atomic E-state index is 12.7. The van der Waals surface area contributed by atoms with Gasteiger partial charge in [-0.05, 0) is 49.1 Å². The number of hydrogen-bond acceptors (Lipinski definition) is 30. The van der Waals surface area contributed by atoms with Crippen LogP contribution in [0, 0.1) is 17.8 Å². The molecule has 5 heterocycles. The molecule has 4 fully saturated rings. The lowest BCUT2D eigenvalue weighted by Gasteiger charge is -2.48. The van der Waals surface area contributed by atoms with Gasteiger partial charge in [0.25, 0.3) is 0 Å². The summed E-state index contributed by atoms with van der Waals surface area (Å²) in [5.74, 6) is -7.69. The Bertz CT molecular complexity index is 2900. The third kappa shape index (κ3) is 25.3. The topological polar surface area (TPSA) is 347 Å². The lowest BCUT2D eigenvalue weighted by atomic mass is 9.89.